The fourth-order valence-corrected chi connectivity index (χ4v) is 1.63. The maximum atomic E-state index is 10.7. The second-order valence-corrected chi connectivity index (χ2v) is 4.24. The Kier molecular flexibility index (Phi) is 3.66. The number of nitro benzene ring substituents is 1. The molecule has 0 bridgehead atoms. The van der Waals surface area contributed by atoms with Crippen LogP contribution in [0.3, 0.4) is 0 Å². The monoisotopic (exact) mass is 258 g/mol. The molecule has 0 aromatic heterocycles. The van der Waals surface area contributed by atoms with E-state index in [0.29, 0.717) is 17.0 Å². The summed E-state index contributed by atoms with van der Waals surface area (Å²) >= 11 is 0. The average molecular weight is 258 g/mol. The molecule has 0 aliphatic rings. The largest absolute Gasteiger partial charge is 0.489 e. The maximum Gasteiger partial charge on any atom is 0.269 e. The van der Waals surface area contributed by atoms with Gasteiger partial charge in [-0.05, 0) is 25.1 Å². The van der Waals surface area contributed by atoms with Gasteiger partial charge < -0.3 is 10.5 Å². The highest BCUT2D eigenvalue weighted by Crippen LogP contribution is 2.21. The number of nitrogens with two attached hydrogens (primary N) is 1. The van der Waals surface area contributed by atoms with Gasteiger partial charge in [0.2, 0.25) is 0 Å². The number of nitro groups is 1. The van der Waals surface area contributed by atoms with E-state index >= 15 is 0 Å². The minimum absolute atomic E-state index is 0.0108. The van der Waals surface area contributed by atoms with E-state index in [1.807, 2.05) is 31.2 Å². The lowest BCUT2D eigenvalue weighted by molar-refractivity contribution is -0.384. The van der Waals surface area contributed by atoms with E-state index in [1.54, 1.807) is 0 Å². The van der Waals surface area contributed by atoms with E-state index in [4.69, 9.17) is 10.5 Å². The number of hydrogen-bond donors (Lipinski definition) is 1. The number of nitrogen functional groups attached to an aromatic ring is 1. The first-order valence-electron chi connectivity index (χ1n) is 5.78. The van der Waals surface area contributed by atoms with Crippen molar-refractivity contribution in [3.8, 4) is 5.75 Å². The van der Waals surface area contributed by atoms with Crippen LogP contribution in [0.5, 0.6) is 5.75 Å². The van der Waals surface area contributed by atoms with Crippen LogP contribution in [0, 0.1) is 17.0 Å². The first-order chi connectivity index (χ1) is 9.06. The van der Waals surface area contributed by atoms with Gasteiger partial charge >= 0.3 is 0 Å². The quantitative estimate of drug-likeness (QED) is 0.519. The average Bonchev–Trinajstić information content (AvgIpc) is 2.39. The highest BCUT2D eigenvalue weighted by atomic mass is 16.6. The zero-order chi connectivity index (χ0) is 13.8. The Morgan fingerprint density at radius 2 is 1.89 bits per heavy atom. The van der Waals surface area contributed by atoms with Crippen LogP contribution < -0.4 is 10.5 Å². The van der Waals surface area contributed by atoms with Gasteiger partial charge in [0.15, 0.2) is 0 Å². The van der Waals surface area contributed by atoms with Gasteiger partial charge in [0.05, 0.1) is 4.92 Å². The first-order valence-corrected chi connectivity index (χ1v) is 5.78. The van der Waals surface area contributed by atoms with Crippen molar-refractivity contribution >= 4 is 11.4 Å². The number of aryl methyl sites for hydroxylation is 1. The standard InChI is InChI=1S/C14H14N2O3/c1-10-2-5-13(6-3-10)19-9-11-8-12(16(17)18)4-7-14(11)15/h2-8H,9,15H2,1H3. The van der Waals surface area contributed by atoms with E-state index in [0.717, 1.165) is 5.56 Å². The van der Waals surface area contributed by atoms with Gasteiger partial charge in [0.25, 0.3) is 5.69 Å². The molecule has 98 valence electrons. The molecule has 0 aliphatic heterocycles. The van der Waals surface area contributed by atoms with Crippen molar-refractivity contribution in [2.45, 2.75) is 13.5 Å². The molecule has 2 aromatic carbocycles. The molecule has 5 heteroatoms. The predicted octanol–water partition coefficient (Wildman–Crippen LogP) is 3.06. The second kappa shape index (κ2) is 5.39. The molecule has 2 N–H and O–H groups in total. The molecule has 0 radical (unpaired) electrons. The lowest BCUT2D eigenvalue weighted by Crippen LogP contribution is -2.01. The van der Waals surface area contributed by atoms with Gasteiger partial charge in [0, 0.05) is 23.4 Å². The number of anilines is 1. The molecule has 0 saturated heterocycles. The molecule has 0 spiro atoms. The third-order valence-corrected chi connectivity index (χ3v) is 2.75. The SMILES string of the molecule is Cc1ccc(OCc2cc([N+](=O)[O-])ccc2N)cc1. The number of ether oxygens (including phenoxy) is 1. The Labute approximate surface area is 110 Å². The van der Waals surface area contributed by atoms with Gasteiger partial charge in [-0.3, -0.25) is 10.1 Å². The molecule has 2 rings (SSSR count). The Morgan fingerprint density at radius 3 is 2.53 bits per heavy atom. The van der Waals surface area contributed by atoms with E-state index in [1.165, 1.54) is 18.2 Å². The topological polar surface area (TPSA) is 78.4 Å². The normalized spacial score (nSPS) is 10.2. The van der Waals surface area contributed by atoms with Crippen molar-refractivity contribution in [3.63, 3.8) is 0 Å². The molecule has 0 unspecified atom stereocenters. The predicted molar refractivity (Wildman–Crippen MR) is 73.0 cm³/mol. The molecule has 19 heavy (non-hydrogen) atoms. The molecule has 5 nitrogen and oxygen atoms in total. The number of nitrogens with zero attached hydrogens (tertiary/aromatic N) is 1. The molecular formula is C14H14N2O3. The number of benzene rings is 2. The van der Waals surface area contributed by atoms with Crippen molar-refractivity contribution < 1.29 is 9.66 Å². The van der Waals surface area contributed by atoms with Crippen LogP contribution in [-0.4, -0.2) is 4.92 Å². The highest BCUT2D eigenvalue weighted by molar-refractivity contribution is 5.52. The highest BCUT2D eigenvalue weighted by Gasteiger charge is 2.09. The summed E-state index contributed by atoms with van der Waals surface area (Å²) in [5.74, 6) is 0.705. The zero-order valence-corrected chi connectivity index (χ0v) is 10.5. The van der Waals surface area contributed by atoms with Crippen molar-refractivity contribution in [2.24, 2.45) is 0 Å². The molecule has 2 aromatic rings. The summed E-state index contributed by atoms with van der Waals surface area (Å²) in [6.45, 7) is 2.19. The third kappa shape index (κ3) is 3.22. The molecule has 0 amide bonds. The number of non-ortho nitro benzene ring substituents is 1. The Hall–Kier alpha value is -2.56. The molecule has 0 atom stereocenters. The van der Waals surface area contributed by atoms with Crippen molar-refractivity contribution in [1.82, 2.24) is 0 Å². The van der Waals surface area contributed by atoms with Crippen LogP contribution in [-0.2, 0) is 6.61 Å². The van der Waals surface area contributed by atoms with Crippen LogP contribution in [0.1, 0.15) is 11.1 Å². The van der Waals surface area contributed by atoms with Gasteiger partial charge in [-0.15, -0.1) is 0 Å². The summed E-state index contributed by atoms with van der Waals surface area (Å²) in [7, 11) is 0. The summed E-state index contributed by atoms with van der Waals surface area (Å²) in [5.41, 5.74) is 8.02. The van der Waals surface area contributed by atoms with Crippen molar-refractivity contribution in [3.05, 3.63) is 63.7 Å². The maximum absolute atomic E-state index is 10.7. The van der Waals surface area contributed by atoms with Crippen LogP contribution in [0.25, 0.3) is 0 Å². The molecule has 0 heterocycles. The van der Waals surface area contributed by atoms with Crippen LogP contribution in [0.2, 0.25) is 0 Å². The fraction of sp³-hybridized carbons (Fsp3) is 0.143. The summed E-state index contributed by atoms with van der Waals surface area (Å²) in [6, 6.07) is 11.9. The summed E-state index contributed by atoms with van der Waals surface area (Å²) in [4.78, 5) is 10.3. The van der Waals surface area contributed by atoms with Crippen LogP contribution >= 0.6 is 0 Å². The summed E-state index contributed by atoms with van der Waals surface area (Å²) < 4.78 is 5.56. The Balaban J connectivity index is 2.12. The van der Waals surface area contributed by atoms with Crippen LogP contribution in [0.15, 0.2) is 42.5 Å². The van der Waals surface area contributed by atoms with Gasteiger partial charge in [-0.25, -0.2) is 0 Å². The minimum atomic E-state index is -0.450. The lowest BCUT2D eigenvalue weighted by Gasteiger charge is -2.08. The zero-order valence-electron chi connectivity index (χ0n) is 10.5. The van der Waals surface area contributed by atoms with E-state index in [-0.39, 0.29) is 12.3 Å². The smallest absolute Gasteiger partial charge is 0.269 e. The van der Waals surface area contributed by atoms with Crippen molar-refractivity contribution in [2.75, 3.05) is 5.73 Å². The first kappa shape index (κ1) is 12.9. The Bertz CT molecular complexity index is 594. The molecule has 0 fully saturated rings. The van der Waals surface area contributed by atoms with E-state index < -0.39 is 4.92 Å². The minimum Gasteiger partial charge on any atom is -0.489 e. The lowest BCUT2D eigenvalue weighted by atomic mass is 10.1. The van der Waals surface area contributed by atoms with Crippen LogP contribution in [0.4, 0.5) is 11.4 Å². The summed E-state index contributed by atoms with van der Waals surface area (Å²) in [6.07, 6.45) is 0. The summed E-state index contributed by atoms with van der Waals surface area (Å²) in [5, 5.41) is 10.7. The Morgan fingerprint density at radius 1 is 1.21 bits per heavy atom. The van der Waals surface area contributed by atoms with Gasteiger partial charge in [-0.2, -0.15) is 0 Å². The number of rotatable bonds is 4. The van der Waals surface area contributed by atoms with Gasteiger partial charge in [-0.1, -0.05) is 17.7 Å². The molecule has 0 saturated carbocycles. The molecular weight excluding hydrogens is 244 g/mol. The van der Waals surface area contributed by atoms with Crippen molar-refractivity contribution in [1.29, 1.82) is 0 Å². The second-order valence-electron chi connectivity index (χ2n) is 4.24. The van der Waals surface area contributed by atoms with E-state index in [9.17, 15) is 10.1 Å². The van der Waals surface area contributed by atoms with E-state index in [2.05, 4.69) is 0 Å². The number of hydrogen-bond acceptors (Lipinski definition) is 4. The molecule has 0 aliphatic carbocycles. The van der Waals surface area contributed by atoms with Gasteiger partial charge in [0.1, 0.15) is 12.4 Å². The third-order valence-electron chi connectivity index (χ3n) is 2.75. The fourth-order valence-electron chi connectivity index (χ4n) is 1.63.